The van der Waals surface area contributed by atoms with E-state index in [1.165, 1.54) is 22.3 Å². The molecule has 0 atom stereocenters. The molecule has 0 bridgehead atoms. The minimum absolute atomic E-state index is 1.08. The molecule has 0 saturated carbocycles. The summed E-state index contributed by atoms with van der Waals surface area (Å²) in [7, 11) is 0. The van der Waals surface area contributed by atoms with Crippen LogP contribution < -0.4 is 0 Å². The molecule has 0 aromatic heterocycles. The minimum Gasteiger partial charge on any atom is -0.0815 e. The Morgan fingerprint density at radius 3 is 2.25 bits per heavy atom. The summed E-state index contributed by atoms with van der Waals surface area (Å²) in [5, 5.41) is 0. The van der Waals surface area contributed by atoms with Crippen LogP contribution in [0.1, 0.15) is 51.3 Å². The Labute approximate surface area is 101 Å². The molecule has 1 aromatic carbocycles. The van der Waals surface area contributed by atoms with E-state index in [0.717, 1.165) is 12.8 Å². The van der Waals surface area contributed by atoms with Gasteiger partial charge in [0, 0.05) is 0 Å². The van der Waals surface area contributed by atoms with E-state index in [1.807, 2.05) is 13.8 Å². The molecule has 0 fully saturated rings. The quantitative estimate of drug-likeness (QED) is 0.620. The van der Waals surface area contributed by atoms with E-state index in [2.05, 4.69) is 52.0 Å². The van der Waals surface area contributed by atoms with Gasteiger partial charge in [-0.2, -0.15) is 0 Å². The van der Waals surface area contributed by atoms with E-state index < -0.39 is 0 Å². The van der Waals surface area contributed by atoms with E-state index in [1.54, 1.807) is 0 Å². The van der Waals surface area contributed by atoms with Crippen LogP contribution in [0.2, 0.25) is 0 Å². The lowest BCUT2D eigenvalue weighted by molar-refractivity contribution is 1.06. The summed E-state index contributed by atoms with van der Waals surface area (Å²) in [4.78, 5) is 0. The highest BCUT2D eigenvalue weighted by Crippen LogP contribution is 2.14. The third-order valence-electron chi connectivity index (χ3n) is 2.47. The molecule has 1 rings (SSSR count). The molecular formula is C16H26. The average Bonchev–Trinajstić information content (AvgIpc) is 2.29. The number of allylic oxidation sites excluding steroid dienone is 2. The number of hydrogen-bond donors (Lipinski definition) is 0. The fourth-order valence-electron chi connectivity index (χ4n) is 1.60. The maximum atomic E-state index is 2.30. The second-order valence-electron chi connectivity index (χ2n) is 4.11. The van der Waals surface area contributed by atoms with Gasteiger partial charge in [-0.15, -0.1) is 0 Å². The second kappa shape index (κ2) is 8.15. The van der Waals surface area contributed by atoms with Gasteiger partial charge in [0.25, 0.3) is 0 Å². The van der Waals surface area contributed by atoms with Crippen molar-refractivity contribution >= 4 is 0 Å². The van der Waals surface area contributed by atoms with E-state index >= 15 is 0 Å². The summed E-state index contributed by atoms with van der Waals surface area (Å²) in [5.74, 6) is 0. The van der Waals surface area contributed by atoms with Gasteiger partial charge in [0.2, 0.25) is 0 Å². The molecule has 16 heavy (non-hydrogen) atoms. The van der Waals surface area contributed by atoms with Crippen LogP contribution in [0.5, 0.6) is 0 Å². The first kappa shape index (κ1) is 15.0. The van der Waals surface area contributed by atoms with Crippen molar-refractivity contribution in [2.24, 2.45) is 0 Å². The van der Waals surface area contributed by atoms with Crippen LogP contribution in [0.3, 0.4) is 0 Å². The summed E-state index contributed by atoms with van der Waals surface area (Å²) in [6.07, 6.45) is 4.51. The van der Waals surface area contributed by atoms with Gasteiger partial charge in [-0.25, -0.2) is 0 Å². The number of hydrogen-bond acceptors (Lipinski definition) is 0. The van der Waals surface area contributed by atoms with Crippen LogP contribution in [-0.2, 0) is 12.8 Å². The smallest absolute Gasteiger partial charge is 0.00921 e. The Morgan fingerprint density at radius 1 is 1.12 bits per heavy atom. The standard InChI is InChI=1S/C14H20.C2H6/c1-5-13-9-7-12(4)10-14(13)8-6-11(2)3;1-2/h6-7,9-10H,5,8H2,1-4H3;1-2H3. The average molecular weight is 218 g/mol. The maximum Gasteiger partial charge on any atom is -0.00921 e. The molecule has 0 heteroatoms. The zero-order chi connectivity index (χ0) is 12.6. The van der Waals surface area contributed by atoms with Crippen molar-refractivity contribution in [2.45, 2.75) is 54.4 Å². The fraction of sp³-hybridized carbons (Fsp3) is 0.500. The highest BCUT2D eigenvalue weighted by atomic mass is 14.0. The highest BCUT2D eigenvalue weighted by Gasteiger charge is 1.99. The number of benzene rings is 1. The summed E-state index contributed by atoms with van der Waals surface area (Å²) >= 11 is 0. The van der Waals surface area contributed by atoms with Crippen LogP contribution in [0.25, 0.3) is 0 Å². The molecule has 0 heterocycles. The summed E-state index contributed by atoms with van der Waals surface area (Å²) in [6, 6.07) is 6.76. The fourth-order valence-corrected chi connectivity index (χ4v) is 1.60. The zero-order valence-electron chi connectivity index (χ0n) is 11.7. The van der Waals surface area contributed by atoms with Crippen LogP contribution in [0.4, 0.5) is 0 Å². The minimum atomic E-state index is 1.08. The van der Waals surface area contributed by atoms with Gasteiger partial charge in [-0.3, -0.25) is 0 Å². The van der Waals surface area contributed by atoms with Gasteiger partial charge < -0.3 is 0 Å². The molecule has 0 saturated heterocycles. The highest BCUT2D eigenvalue weighted by molar-refractivity contribution is 5.33. The van der Waals surface area contributed by atoms with E-state index in [4.69, 9.17) is 0 Å². The Kier molecular flexibility index (Phi) is 7.62. The topological polar surface area (TPSA) is 0 Å². The number of aryl methyl sites for hydroxylation is 2. The van der Waals surface area contributed by atoms with Gasteiger partial charge in [0.1, 0.15) is 0 Å². The summed E-state index contributed by atoms with van der Waals surface area (Å²) in [5.41, 5.74) is 5.72. The van der Waals surface area contributed by atoms with Crippen molar-refractivity contribution in [1.29, 1.82) is 0 Å². The Balaban J connectivity index is 0.00000106. The van der Waals surface area contributed by atoms with Crippen LogP contribution in [-0.4, -0.2) is 0 Å². The normalized spacial score (nSPS) is 9.12. The van der Waals surface area contributed by atoms with E-state index in [-0.39, 0.29) is 0 Å². The monoisotopic (exact) mass is 218 g/mol. The number of rotatable bonds is 3. The predicted octanol–water partition coefficient (Wildman–Crippen LogP) is 5.09. The molecule has 0 aliphatic rings. The van der Waals surface area contributed by atoms with Crippen molar-refractivity contribution in [3.05, 3.63) is 46.5 Å². The molecule has 0 amide bonds. The first-order valence-electron chi connectivity index (χ1n) is 6.35. The Hall–Kier alpha value is -1.04. The SMILES string of the molecule is CC.CCc1ccc(C)cc1CC=C(C)C. The van der Waals surface area contributed by atoms with Crippen LogP contribution in [0, 0.1) is 6.92 Å². The largest absolute Gasteiger partial charge is 0.0815 e. The van der Waals surface area contributed by atoms with Crippen molar-refractivity contribution < 1.29 is 0 Å². The molecule has 0 radical (unpaired) electrons. The Bertz CT molecular complexity index is 328. The molecule has 0 unspecified atom stereocenters. The Morgan fingerprint density at radius 2 is 1.75 bits per heavy atom. The molecule has 1 aromatic rings. The molecule has 0 N–H and O–H groups in total. The first-order valence-corrected chi connectivity index (χ1v) is 6.35. The van der Waals surface area contributed by atoms with E-state index in [9.17, 15) is 0 Å². The van der Waals surface area contributed by atoms with Crippen LogP contribution in [0.15, 0.2) is 29.8 Å². The lowest BCUT2D eigenvalue weighted by atomic mass is 9.99. The zero-order valence-corrected chi connectivity index (χ0v) is 11.7. The van der Waals surface area contributed by atoms with Crippen LogP contribution >= 0.6 is 0 Å². The second-order valence-corrected chi connectivity index (χ2v) is 4.11. The third kappa shape index (κ3) is 5.16. The lowest BCUT2D eigenvalue weighted by Crippen LogP contribution is -1.92. The molecule has 0 nitrogen and oxygen atoms in total. The molecule has 90 valence electrons. The van der Waals surface area contributed by atoms with Crippen molar-refractivity contribution in [3.8, 4) is 0 Å². The lowest BCUT2D eigenvalue weighted by Gasteiger charge is -2.06. The maximum absolute atomic E-state index is 2.30. The van der Waals surface area contributed by atoms with Crippen molar-refractivity contribution in [3.63, 3.8) is 0 Å². The molecular weight excluding hydrogens is 192 g/mol. The van der Waals surface area contributed by atoms with E-state index in [0.29, 0.717) is 0 Å². The van der Waals surface area contributed by atoms with Gasteiger partial charge in [0.15, 0.2) is 0 Å². The third-order valence-corrected chi connectivity index (χ3v) is 2.47. The van der Waals surface area contributed by atoms with Crippen molar-refractivity contribution in [1.82, 2.24) is 0 Å². The van der Waals surface area contributed by atoms with Gasteiger partial charge in [-0.05, 0) is 44.7 Å². The molecule has 0 aliphatic heterocycles. The van der Waals surface area contributed by atoms with Gasteiger partial charge >= 0.3 is 0 Å². The van der Waals surface area contributed by atoms with Gasteiger partial charge in [0.05, 0.1) is 0 Å². The van der Waals surface area contributed by atoms with Crippen molar-refractivity contribution in [2.75, 3.05) is 0 Å². The molecule has 0 spiro atoms. The summed E-state index contributed by atoms with van der Waals surface area (Å²) in [6.45, 7) is 12.7. The van der Waals surface area contributed by atoms with Gasteiger partial charge in [-0.1, -0.05) is 56.2 Å². The molecule has 0 aliphatic carbocycles. The summed E-state index contributed by atoms with van der Waals surface area (Å²) < 4.78 is 0. The first-order chi connectivity index (χ1) is 7.63. The predicted molar refractivity (Wildman–Crippen MR) is 75.0 cm³/mol.